The molecule has 35 heavy (non-hydrogen) atoms. The molecule has 1 atom stereocenters. The topological polar surface area (TPSA) is 86.8 Å². The average Bonchev–Trinajstić information content (AvgIpc) is 2.82. The van der Waals surface area contributed by atoms with Crippen molar-refractivity contribution in [2.75, 3.05) is 17.1 Å². The molecule has 190 valence electrons. The van der Waals surface area contributed by atoms with Crippen LogP contribution in [0.1, 0.15) is 44.6 Å². The Bertz CT molecular complexity index is 1140. The van der Waals surface area contributed by atoms with E-state index in [0.717, 1.165) is 42.7 Å². The van der Waals surface area contributed by atoms with Crippen molar-refractivity contribution in [3.8, 4) is 0 Å². The second-order valence-corrected chi connectivity index (χ2v) is 11.2. The third-order valence-electron chi connectivity index (χ3n) is 6.19. The van der Waals surface area contributed by atoms with Gasteiger partial charge in [0.2, 0.25) is 21.8 Å². The van der Waals surface area contributed by atoms with Crippen molar-refractivity contribution in [3.05, 3.63) is 64.9 Å². The highest BCUT2D eigenvalue weighted by molar-refractivity contribution is 7.92. The summed E-state index contributed by atoms with van der Waals surface area (Å²) in [5, 5.41) is 3.21. The Labute approximate surface area is 211 Å². The van der Waals surface area contributed by atoms with E-state index in [1.165, 1.54) is 41.3 Å². The zero-order chi connectivity index (χ0) is 25.6. The first-order valence-corrected chi connectivity index (χ1v) is 13.9. The first kappa shape index (κ1) is 26.9. The van der Waals surface area contributed by atoms with Crippen LogP contribution in [0.2, 0.25) is 5.02 Å². The Morgan fingerprint density at radius 1 is 1.09 bits per heavy atom. The molecule has 0 heterocycles. The standard InChI is InChI=1S/C25H31ClFN3O4S/c1-18(25(32)28-21-8-4-3-5-9-21)29(16-19-12-14-20(27)15-13-19)24(31)17-30(35(2,33)34)23-11-7-6-10-22(23)26/h6-7,10-15,18,21H,3-5,8-9,16-17H2,1-2H3,(H,28,32)/t18-/m0/s1. The molecule has 1 saturated carbocycles. The first-order chi connectivity index (χ1) is 16.6. The molecule has 0 aliphatic heterocycles. The van der Waals surface area contributed by atoms with Gasteiger partial charge in [0.1, 0.15) is 18.4 Å². The second kappa shape index (κ2) is 11.9. The van der Waals surface area contributed by atoms with Gasteiger partial charge >= 0.3 is 0 Å². The Morgan fingerprint density at radius 2 is 1.71 bits per heavy atom. The molecule has 1 aliphatic rings. The maximum Gasteiger partial charge on any atom is 0.244 e. The van der Waals surface area contributed by atoms with E-state index in [0.29, 0.717) is 5.56 Å². The normalized spacial score (nSPS) is 15.3. The maximum atomic E-state index is 13.5. The van der Waals surface area contributed by atoms with Gasteiger partial charge in [-0.1, -0.05) is 55.1 Å². The van der Waals surface area contributed by atoms with E-state index in [1.807, 2.05) is 0 Å². The van der Waals surface area contributed by atoms with E-state index < -0.39 is 34.3 Å². The van der Waals surface area contributed by atoms with E-state index in [4.69, 9.17) is 11.6 Å². The van der Waals surface area contributed by atoms with E-state index in [2.05, 4.69) is 5.32 Å². The molecule has 1 N–H and O–H groups in total. The predicted molar refractivity (Wildman–Crippen MR) is 135 cm³/mol. The Morgan fingerprint density at radius 3 is 2.31 bits per heavy atom. The largest absolute Gasteiger partial charge is 0.352 e. The van der Waals surface area contributed by atoms with Crippen molar-refractivity contribution in [1.82, 2.24) is 10.2 Å². The van der Waals surface area contributed by atoms with Crippen LogP contribution in [0.15, 0.2) is 48.5 Å². The van der Waals surface area contributed by atoms with Crippen LogP contribution in [-0.2, 0) is 26.2 Å². The van der Waals surface area contributed by atoms with Gasteiger partial charge < -0.3 is 10.2 Å². The van der Waals surface area contributed by atoms with Gasteiger partial charge in [0, 0.05) is 12.6 Å². The van der Waals surface area contributed by atoms with Gasteiger partial charge in [0.05, 0.1) is 17.0 Å². The van der Waals surface area contributed by atoms with Crippen LogP contribution in [0.25, 0.3) is 0 Å². The molecule has 0 bridgehead atoms. The summed E-state index contributed by atoms with van der Waals surface area (Å²) in [6.45, 7) is 1.09. The van der Waals surface area contributed by atoms with Crippen LogP contribution in [0.4, 0.5) is 10.1 Å². The molecular weight excluding hydrogens is 493 g/mol. The summed E-state index contributed by atoms with van der Waals surface area (Å²) in [5.74, 6) is -1.31. The highest BCUT2D eigenvalue weighted by atomic mass is 35.5. The number of rotatable bonds is 9. The molecule has 1 fully saturated rings. The van der Waals surface area contributed by atoms with Gasteiger partial charge in [-0.05, 0) is 49.6 Å². The minimum Gasteiger partial charge on any atom is -0.352 e. The van der Waals surface area contributed by atoms with Gasteiger partial charge in [0.25, 0.3) is 0 Å². The third-order valence-corrected chi connectivity index (χ3v) is 7.63. The van der Waals surface area contributed by atoms with Crippen molar-refractivity contribution >= 4 is 39.1 Å². The smallest absolute Gasteiger partial charge is 0.244 e. The lowest BCUT2D eigenvalue weighted by Crippen LogP contribution is -2.53. The lowest BCUT2D eigenvalue weighted by molar-refractivity contribution is -0.139. The lowest BCUT2D eigenvalue weighted by Gasteiger charge is -2.33. The Kier molecular flexibility index (Phi) is 9.13. The fourth-order valence-electron chi connectivity index (χ4n) is 4.19. The minimum atomic E-state index is -3.86. The molecule has 2 aromatic carbocycles. The maximum absolute atomic E-state index is 13.5. The molecule has 3 rings (SSSR count). The summed E-state index contributed by atoms with van der Waals surface area (Å²) >= 11 is 6.22. The molecule has 0 radical (unpaired) electrons. The lowest BCUT2D eigenvalue weighted by atomic mass is 9.95. The summed E-state index contributed by atoms with van der Waals surface area (Å²) in [5.41, 5.74) is 0.784. The quantitative estimate of drug-likeness (QED) is 0.536. The molecule has 0 saturated heterocycles. The number of nitrogens with one attached hydrogen (secondary N) is 1. The summed E-state index contributed by atoms with van der Waals surface area (Å²) in [4.78, 5) is 27.9. The molecule has 0 spiro atoms. The van der Waals surface area contributed by atoms with Crippen molar-refractivity contribution in [1.29, 1.82) is 0 Å². The van der Waals surface area contributed by atoms with Gasteiger partial charge in [-0.2, -0.15) is 0 Å². The van der Waals surface area contributed by atoms with Gasteiger partial charge in [-0.25, -0.2) is 12.8 Å². The number of carbonyl (C=O) groups is 2. The number of para-hydroxylation sites is 1. The average molecular weight is 524 g/mol. The fraction of sp³-hybridized carbons (Fsp3) is 0.440. The molecule has 2 aromatic rings. The van der Waals surface area contributed by atoms with Crippen LogP contribution < -0.4 is 9.62 Å². The number of hydrogen-bond donors (Lipinski definition) is 1. The number of carbonyl (C=O) groups excluding carboxylic acids is 2. The molecule has 7 nitrogen and oxygen atoms in total. The number of hydrogen-bond acceptors (Lipinski definition) is 4. The molecule has 2 amide bonds. The third kappa shape index (κ3) is 7.41. The number of anilines is 1. The number of amides is 2. The highest BCUT2D eigenvalue weighted by Gasteiger charge is 2.31. The van der Waals surface area contributed by atoms with Crippen molar-refractivity contribution < 1.29 is 22.4 Å². The van der Waals surface area contributed by atoms with Crippen LogP contribution >= 0.6 is 11.6 Å². The van der Waals surface area contributed by atoms with Crippen LogP contribution in [0.5, 0.6) is 0 Å². The highest BCUT2D eigenvalue weighted by Crippen LogP contribution is 2.27. The van der Waals surface area contributed by atoms with Crippen LogP contribution in [-0.4, -0.2) is 50.0 Å². The van der Waals surface area contributed by atoms with E-state index in [-0.39, 0.29) is 29.2 Å². The molecule has 0 aromatic heterocycles. The number of nitrogens with zero attached hydrogens (tertiary/aromatic N) is 2. The number of benzene rings is 2. The number of sulfonamides is 1. The van der Waals surface area contributed by atoms with Gasteiger partial charge in [-0.3, -0.25) is 13.9 Å². The van der Waals surface area contributed by atoms with Crippen LogP contribution in [0, 0.1) is 5.82 Å². The zero-order valence-corrected chi connectivity index (χ0v) is 21.5. The zero-order valence-electron chi connectivity index (χ0n) is 19.9. The van der Waals surface area contributed by atoms with E-state index in [9.17, 15) is 22.4 Å². The monoisotopic (exact) mass is 523 g/mol. The van der Waals surface area contributed by atoms with Gasteiger partial charge in [-0.15, -0.1) is 0 Å². The first-order valence-electron chi connectivity index (χ1n) is 11.6. The fourth-order valence-corrected chi connectivity index (χ4v) is 5.34. The molecule has 0 unspecified atom stereocenters. The summed E-state index contributed by atoms with van der Waals surface area (Å²) < 4.78 is 39.5. The van der Waals surface area contributed by atoms with E-state index in [1.54, 1.807) is 19.1 Å². The summed E-state index contributed by atoms with van der Waals surface area (Å²) in [6.07, 6.45) is 5.99. The molecule has 10 heteroatoms. The van der Waals surface area contributed by atoms with Crippen molar-refractivity contribution in [2.24, 2.45) is 0 Å². The Balaban J connectivity index is 1.87. The van der Waals surface area contributed by atoms with Crippen molar-refractivity contribution in [2.45, 2.75) is 57.7 Å². The summed E-state index contributed by atoms with van der Waals surface area (Å²) in [7, 11) is -3.86. The second-order valence-electron chi connectivity index (χ2n) is 8.89. The van der Waals surface area contributed by atoms with Crippen LogP contribution in [0.3, 0.4) is 0 Å². The minimum absolute atomic E-state index is 0.0124. The Hall–Kier alpha value is -2.65. The molecular formula is C25H31ClFN3O4S. The van der Waals surface area contributed by atoms with Crippen molar-refractivity contribution in [3.63, 3.8) is 0 Å². The van der Waals surface area contributed by atoms with E-state index >= 15 is 0 Å². The summed E-state index contributed by atoms with van der Waals surface area (Å²) in [6, 6.07) is 11.1. The molecule has 1 aliphatic carbocycles. The number of halogens is 2. The van der Waals surface area contributed by atoms with Gasteiger partial charge in [0.15, 0.2) is 0 Å². The predicted octanol–water partition coefficient (Wildman–Crippen LogP) is 4.11. The SMILES string of the molecule is C[C@@H](C(=O)NC1CCCCC1)N(Cc1ccc(F)cc1)C(=O)CN(c1ccccc1Cl)S(C)(=O)=O.